The van der Waals surface area contributed by atoms with Gasteiger partial charge in [-0.3, -0.25) is 4.79 Å². The van der Waals surface area contributed by atoms with Crippen LogP contribution in [0.4, 0.5) is 36.4 Å². The van der Waals surface area contributed by atoms with Gasteiger partial charge in [-0.05, 0) is 31.5 Å². The van der Waals surface area contributed by atoms with E-state index in [2.05, 4.69) is 0 Å². The Morgan fingerprint density at radius 2 is 1.80 bits per heavy atom. The summed E-state index contributed by atoms with van der Waals surface area (Å²) in [6, 6.07) is 1.21. The van der Waals surface area contributed by atoms with Crippen molar-refractivity contribution in [2.24, 2.45) is 5.73 Å². The first kappa shape index (κ1) is 27.5. The number of rotatable bonds is 5. The molecular weight excluding hydrogens is 531 g/mol. The van der Waals surface area contributed by atoms with E-state index in [1.54, 1.807) is 0 Å². The minimum Gasteiger partial charge on any atom is -0.372 e. The summed E-state index contributed by atoms with van der Waals surface area (Å²) in [7, 11) is -4.41. The molecule has 0 aromatic heterocycles. The van der Waals surface area contributed by atoms with E-state index < -0.39 is 67.2 Å². The molecule has 1 fully saturated rings. The van der Waals surface area contributed by atoms with Gasteiger partial charge in [-0.15, -0.1) is 11.8 Å². The van der Waals surface area contributed by atoms with E-state index in [1.165, 1.54) is 11.8 Å². The Hall–Kier alpha value is -2.04. The van der Waals surface area contributed by atoms with Crippen LogP contribution in [-0.2, 0) is 21.0 Å². The van der Waals surface area contributed by atoms with Crippen molar-refractivity contribution in [1.29, 1.82) is 0 Å². The number of anilines is 1. The van der Waals surface area contributed by atoms with Gasteiger partial charge in [0.1, 0.15) is 10.1 Å². The third-order valence-electron chi connectivity index (χ3n) is 5.76. The fraction of sp³-hybridized carbons (Fsp3) is 0.526. The molecule has 3 N–H and O–H groups in total. The van der Waals surface area contributed by atoms with Crippen molar-refractivity contribution in [2.75, 3.05) is 24.5 Å². The van der Waals surface area contributed by atoms with Gasteiger partial charge in [0.05, 0.1) is 10.8 Å². The molecule has 1 aromatic rings. The van der Waals surface area contributed by atoms with E-state index in [-0.39, 0.29) is 37.1 Å². The SMILES string of the molecule is C[C@@H]1CN(c2ccc(F)cc2C(F)(F)F)CCN1S(=O)(=O)C1=CCC([C@](O)(C(N)=O)C(F)(F)F)S1. The summed E-state index contributed by atoms with van der Waals surface area (Å²) in [5, 5.41) is 8.02. The molecule has 1 unspecified atom stereocenters. The fourth-order valence-corrected chi connectivity index (χ4v) is 7.59. The van der Waals surface area contributed by atoms with E-state index in [4.69, 9.17) is 5.73 Å². The lowest BCUT2D eigenvalue weighted by Crippen LogP contribution is -2.61. The van der Waals surface area contributed by atoms with E-state index in [1.807, 2.05) is 0 Å². The molecule has 0 aliphatic carbocycles. The number of benzene rings is 1. The number of nitrogens with zero attached hydrogens (tertiary/aromatic N) is 2. The first-order valence-electron chi connectivity index (χ1n) is 10.00. The monoisotopic (exact) mass is 551 g/mol. The summed E-state index contributed by atoms with van der Waals surface area (Å²) in [6.07, 6.45) is -9.99. The maximum Gasteiger partial charge on any atom is 0.427 e. The van der Waals surface area contributed by atoms with Crippen LogP contribution in [0.1, 0.15) is 18.9 Å². The highest BCUT2D eigenvalue weighted by Gasteiger charge is 2.64. The van der Waals surface area contributed by atoms with E-state index in [9.17, 15) is 49.1 Å². The molecule has 35 heavy (non-hydrogen) atoms. The second-order valence-electron chi connectivity index (χ2n) is 8.06. The Labute approximate surface area is 199 Å². The van der Waals surface area contributed by atoms with Gasteiger partial charge in [-0.25, -0.2) is 12.8 Å². The first-order valence-corrected chi connectivity index (χ1v) is 12.3. The minimum atomic E-state index is -5.45. The molecule has 3 atom stereocenters. The Morgan fingerprint density at radius 1 is 1.17 bits per heavy atom. The number of primary amides is 1. The molecule has 16 heteroatoms. The highest BCUT2D eigenvalue weighted by atomic mass is 32.3. The molecule has 1 aromatic carbocycles. The largest absolute Gasteiger partial charge is 0.427 e. The van der Waals surface area contributed by atoms with Crippen molar-refractivity contribution in [3.63, 3.8) is 0 Å². The summed E-state index contributed by atoms with van der Waals surface area (Å²) >= 11 is 0.137. The first-order chi connectivity index (χ1) is 15.9. The van der Waals surface area contributed by atoms with E-state index in [0.717, 1.165) is 22.5 Å². The number of alkyl halides is 6. The number of piperazine rings is 1. The van der Waals surface area contributed by atoms with Crippen LogP contribution in [0.3, 0.4) is 0 Å². The normalized spacial score (nSPS) is 24.3. The molecule has 0 bridgehead atoms. The van der Waals surface area contributed by atoms with Gasteiger partial charge in [-0.1, -0.05) is 6.08 Å². The summed E-state index contributed by atoms with van der Waals surface area (Å²) in [5.74, 6) is -3.17. The number of amides is 1. The lowest BCUT2D eigenvalue weighted by atomic mass is 9.95. The number of thioether (sulfide) groups is 1. The molecule has 0 saturated carbocycles. The maximum atomic E-state index is 13.4. The average molecular weight is 552 g/mol. The number of allylic oxidation sites excluding steroid dienone is 1. The maximum absolute atomic E-state index is 13.4. The lowest BCUT2D eigenvalue weighted by Gasteiger charge is -2.41. The van der Waals surface area contributed by atoms with Gasteiger partial charge < -0.3 is 15.7 Å². The van der Waals surface area contributed by atoms with Crippen LogP contribution in [0.15, 0.2) is 28.5 Å². The van der Waals surface area contributed by atoms with Crippen LogP contribution in [0.2, 0.25) is 0 Å². The highest BCUT2D eigenvalue weighted by molar-refractivity contribution is 8.18. The standard InChI is InChI=1S/C19H20F7N3O4S2/c1-10-9-28(13-3-2-11(20)8-12(13)18(21,22)23)6-7-29(10)35(32,33)15-5-4-14(34-15)17(31,16(27)30)19(24,25)26/h2-3,5,8,10,14,31H,4,6-7,9H2,1H3,(H2,27,30)/t10-,14?,17+/m1/s1. The van der Waals surface area contributed by atoms with E-state index >= 15 is 0 Å². The van der Waals surface area contributed by atoms with Gasteiger partial charge in [-0.2, -0.15) is 30.6 Å². The number of halogens is 7. The van der Waals surface area contributed by atoms with Gasteiger partial charge in [0, 0.05) is 31.4 Å². The fourth-order valence-electron chi connectivity index (χ4n) is 3.99. The van der Waals surface area contributed by atoms with Crippen LogP contribution >= 0.6 is 11.8 Å². The predicted molar refractivity (Wildman–Crippen MR) is 113 cm³/mol. The molecule has 2 aliphatic heterocycles. The second-order valence-corrected chi connectivity index (χ2v) is 11.4. The molecular formula is C19H20F7N3O4S2. The van der Waals surface area contributed by atoms with Crippen LogP contribution < -0.4 is 10.6 Å². The van der Waals surface area contributed by atoms with Crippen LogP contribution in [0.25, 0.3) is 0 Å². The third kappa shape index (κ3) is 4.97. The molecule has 196 valence electrons. The molecule has 1 amide bonds. The summed E-state index contributed by atoms with van der Waals surface area (Å²) < 4.78 is 120. The van der Waals surface area contributed by atoms with Crippen LogP contribution in [0, 0.1) is 5.82 Å². The smallest absolute Gasteiger partial charge is 0.372 e. The molecule has 0 radical (unpaired) electrons. The van der Waals surface area contributed by atoms with Gasteiger partial charge in [0.25, 0.3) is 11.5 Å². The van der Waals surface area contributed by atoms with Crippen molar-refractivity contribution < 1.29 is 49.1 Å². The number of hydrogen-bond donors (Lipinski definition) is 2. The molecule has 2 heterocycles. The molecule has 3 rings (SSSR count). The number of carbonyl (C=O) groups is 1. The van der Waals surface area contributed by atoms with Crippen molar-refractivity contribution in [1.82, 2.24) is 4.31 Å². The van der Waals surface area contributed by atoms with Gasteiger partial charge in [0.2, 0.25) is 10.0 Å². The summed E-state index contributed by atoms with van der Waals surface area (Å²) in [6.45, 7) is 0.643. The second kappa shape index (κ2) is 9.12. The van der Waals surface area contributed by atoms with Crippen LogP contribution in [0.5, 0.6) is 0 Å². The van der Waals surface area contributed by atoms with Gasteiger partial charge >= 0.3 is 12.4 Å². The number of carbonyl (C=O) groups excluding carboxylic acids is 1. The molecule has 0 spiro atoms. The van der Waals surface area contributed by atoms with Crippen molar-refractivity contribution in [3.05, 3.63) is 39.9 Å². The summed E-state index contributed by atoms with van der Waals surface area (Å²) in [4.78, 5) is 12.6. The van der Waals surface area contributed by atoms with Crippen molar-refractivity contribution >= 4 is 33.4 Å². The predicted octanol–water partition coefficient (Wildman–Crippen LogP) is 2.81. The van der Waals surface area contributed by atoms with Crippen molar-refractivity contribution in [3.8, 4) is 0 Å². The molecule has 2 aliphatic rings. The third-order valence-corrected chi connectivity index (χ3v) is 9.74. The minimum absolute atomic E-state index is 0.137. The molecule has 1 saturated heterocycles. The Balaban J connectivity index is 1.80. The topological polar surface area (TPSA) is 104 Å². The number of hydrogen-bond acceptors (Lipinski definition) is 6. The number of nitrogens with two attached hydrogens (primary N) is 1. The number of sulfonamides is 1. The lowest BCUT2D eigenvalue weighted by molar-refractivity contribution is -0.249. The zero-order chi connectivity index (χ0) is 26.6. The van der Waals surface area contributed by atoms with Crippen LogP contribution in [-0.4, -0.2) is 66.4 Å². The quantitative estimate of drug-likeness (QED) is 0.546. The summed E-state index contributed by atoms with van der Waals surface area (Å²) in [5.41, 5.74) is -0.766. The van der Waals surface area contributed by atoms with E-state index in [0.29, 0.717) is 6.07 Å². The van der Waals surface area contributed by atoms with Gasteiger partial charge in [0.15, 0.2) is 0 Å². The Kier molecular flexibility index (Phi) is 7.18. The average Bonchev–Trinajstić information content (AvgIpc) is 3.22. The Morgan fingerprint density at radius 3 is 2.31 bits per heavy atom. The zero-order valence-corrected chi connectivity index (χ0v) is 19.5. The Bertz CT molecular complexity index is 1140. The highest BCUT2D eigenvalue weighted by Crippen LogP contribution is 2.48. The van der Waals surface area contributed by atoms with Crippen molar-refractivity contribution in [2.45, 2.75) is 42.6 Å². The zero-order valence-electron chi connectivity index (χ0n) is 17.9. The number of aliphatic hydroxyl groups is 1. The molecule has 7 nitrogen and oxygen atoms in total.